The van der Waals surface area contributed by atoms with Crippen molar-refractivity contribution in [3.63, 3.8) is 0 Å². The maximum atomic E-state index is 11.9. The number of nitrogens with zero attached hydrogens (tertiary/aromatic N) is 1. The summed E-state index contributed by atoms with van der Waals surface area (Å²) in [6.07, 6.45) is 0. The number of hydrogen-bond acceptors (Lipinski definition) is 6. The highest BCUT2D eigenvalue weighted by Gasteiger charge is 2.15. The van der Waals surface area contributed by atoms with Gasteiger partial charge in [0.05, 0.1) is 35.4 Å². The fourth-order valence-electron chi connectivity index (χ4n) is 1.31. The molecule has 0 aliphatic heterocycles. The van der Waals surface area contributed by atoms with Crippen molar-refractivity contribution in [2.45, 2.75) is 4.90 Å². The second-order valence-electron chi connectivity index (χ2n) is 3.68. The molecule has 0 aromatic heterocycles. The SMILES string of the molecule is COCCOCCS(=O)(=O)c1ccc([N+](=O)[O-])cc1. The lowest BCUT2D eigenvalue weighted by Gasteiger charge is -2.05. The van der Waals surface area contributed by atoms with Crippen LogP contribution in [-0.4, -0.2) is 46.0 Å². The van der Waals surface area contributed by atoms with E-state index in [1.54, 1.807) is 0 Å². The minimum atomic E-state index is -3.48. The monoisotopic (exact) mass is 289 g/mol. The van der Waals surface area contributed by atoms with Crippen molar-refractivity contribution in [3.8, 4) is 0 Å². The van der Waals surface area contributed by atoms with Crippen LogP contribution in [0.15, 0.2) is 29.2 Å². The van der Waals surface area contributed by atoms with Crippen LogP contribution in [0.3, 0.4) is 0 Å². The first-order valence-corrected chi connectivity index (χ1v) is 7.16. The summed E-state index contributed by atoms with van der Waals surface area (Å²) < 4.78 is 33.6. The lowest BCUT2D eigenvalue weighted by Crippen LogP contribution is -2.14. The Morgan fingerprint density at radius 1 is 1.16 bits per heavy atom. The molecule has 0 fully saturated rings. The van der Waals surface area contributed by atoms with Crippen molar-refractivity contribution >= 4 is 15.5 Å². The highest BCUT2D eigenvalue weighted by molar-refractivity contribution is 7.91. The highest BCUT2D eigenvalue weighted by Crippen LogP contribution is 2.16. The topological polar surface area (TPSA) is 95.7 Å². The van der Waals surface area contributed by atoms with E-state index in [9.17, 15) is 18.5 Å². The Hall–Kier alpha value is -1.51. The van der Waals surface area contributed by atoms with Gasteiger partial charge in [0.2, 0.25) is 0 Å². The first kappa shape index (κ1) is 15.5. The summed E-state index contributed by atoms with van der Waals surface area (Å²) in [4.78, 5) is 9.93. The van der Waals surface area contributed by atoms with Crippen LogP contribution < -0.4 is 0 Å². The summed E-state index contributed by atoms with van der Waals surface area (Å²) in [6.45, 7) is 0.784. The summed E-state index contributed by atoms with van der Waals surface area (Å²) in [5.41, 5.74) is -0.143. The Labute approximate surface area is 111 Å². The molecular formula is C11H15NO6S. The van der Waals surface area contributed by atoms with Gasteiger partial charge in [0, 0.05) is 19.2 Å². The number of methoxy groups -OCH3 is 1. The predicted molar refractivity (Wildman–Crippen MR) is 67.8 cm³/mol. The summed E-state index contributed by atoms with van der Waals surface area (Å²) in [7, 11) is -1.95. The van der Waals surface area contributed by atoms with Gasteiger partial charge in [-0.05, 0) is 12.1 Å². The van der Waals surface area contributed by atoms with Crippen LogP contribution in [0.25, 0.3) is 0 Å². The molecule has 0 amide bonds. The quantitative estimate of drug-likeness (QED) is 0.403. The maximum absolute atomic E-state index is 11.9. The van der Waals surface area contributed by atoms with Gasteiger partial charge in [-0.25, -0.2) is 8.42 Å². The molecular weight excluding hydrogens is 274 g/mol. The molecule has 0 atom stereocenters. The molecule has 0 heterocycles. The van der Waals surface area contributed by atoms with Gasteiger partial charge in [0.15, 0.2) is 9.84 Å². The molecule has 1 rings (SSSR count). The molecule has 1 aromatic carbocycles. The molecule has 0 bridgehead atoms. The summed E-state index contributed by atoms with van der Waals surface area (Å²) in [6, 6.07) is 4.78. The van der Waals surface area contributed by atoms with Crippen molar-refractivity contribution < 1.29 is 22.8 Å². The third-order valence-electron chi connectivity index (χ3n) is 2.33. The number of sulfone groups is 1. The van der Waals surface area contributed by atoms with Gasteiger partial charge in [0.25, 0.3) is 5.69 Å². The number of nitro groups is 1. The van der Waals surface area contributed by atoms with Crippen LogP contribution in [0.1, 0.15) is 0 Å². The molecule has 0 saturated heterocycles. The van der Waals surface area contributed by atoms with E-state index in [0.29, 0.717) is 13.2 Å². The van der Waals surface area contributed by atoms with Gasteiger partial charge in [-0.3, -0.25) is 10.1 Å². The summed E-state index contributed by atoms with van der Waals surface area (Å²) in [5, 5.41) is 10.5. The Kier molecular flexibility index (Phi) is 5.87. The van der Waals surface area contributed by atoms with E-state index in [2.05, 4.69) is 0 Å². The first-order valence-electron chi connectivity index (χ1n) is 5.51. The number of non-ortho nitro benzene ring substituents is 1. The fourth-order valence-corrected chi connectivity index (χ4v) is 2.43. The first-order chi connectivity index (χ1) is 8.97. The third kappa shape index (κ3) is 4.93. The molecule has 106 valence electrons. The molecule has 0 unspecified atom stereocenters. The van der Waals surface area contributed by atoms with E-state index in [1.165, 1.54) is 31.4 Å². The number of rotatable bonds is 8. The second kappa shape index (κ2) is 7.17. The molecule has 1 aromatic rings. The van der Waals surface area contributed by atoms with Crippen molar-refractivity contribution in [2.24, 2.45) is 0 Å². The minimum absolute atomic E-state index is 0.0495. The van der Waals surface area contributed by atoms with Crippen LogP contribution in [0.2, 0.25) is 0 Å². The molecule has 7 nitrogen and oxygen atoms in total. The summed E-state index contributed by atoms with van der Waals surface area (Å²) in [5.74, 6) is -0.172. The Morgan fingerprint density at radius 3 is 2.32 bits per heavy atom. The molecule has 0 spiro atoms. The van der Waals surface area contributed by atoms with Crippen molar-refractivity contribution in [1.29, 1.82) is 0 Å². The standard InChI is InChI=1S/C11H15NO6S/c1-17-6-7-18-8-9-19(15,16)11-4-2-10(3-5-11)12(13)14/h2-5H,6-9H2,1H3. The average molecular weight is 289 g/mol. The van der Waals surface area contributed by atoms with E-state index < -0.39 is 14.8 Å². The zero-order valence-electron chi connectivity index (χ0n) is 10.4. The molecule has 8 heteroatoms. The van der Waals surface area contributed by atoms with Gasteiger partial charge in [-0.2, -0.15) is 0 Å². The lowest BCUT2D eigenvalue weighted by molar-refractivity contribution is -0.384. The zero-order valence-corrected chi connectivity index (χ0v) is 11.3. The van der Waals surface area contributed by atoms with Crippen LogP contribution in [-0.2, 0) is 19.3 Å². The Morgan fingerprint density at radius 2 is 1.79 bits per heavy atom. The predicted octanol–water partition coefficient (Wildman–Crippen LogP) is 1.03. The number of hydrogen-bond donors (Lipinski definition) is 0. The molecule has 0 saturated carbocycles. The van der Waals surface area contributed by atoms with Gasteiger partial charge in [-0.1, -0.05) is 0 Å². The molecule has 0 aliphatic rings. The van der Waals surface area contributed by atoms with Gasteiger partial charge < -0.3 is 9.47 Å². The average Bonchev–Trinajstić information content (AvgIpc) is 2.38. The number of nitro benzene ring substituents is 1. The fraction of sp³-hybridized carbons (Fsp3) is 0.455. The summed E-state index contributed by atoms with van der Waals surface area (Å²) >= 11 is 0. The Bertz CT molecular complexity index is 510. The van der Waals surface area contributed by atoms with Crippen LogP contribution >= 0.6 is 0 Å². The normalized spacial score (nSPS) is 11.4. The number of ether oxygens (including phenoxy) is 2. The van der Waals surface area contributed by atoms with Gasteiger partial charge in [-0.15, -0.1) is 0 Å². The Balaban J connectivity index is 2.59. The number of benzene rings is 1. The van der Waals surface area contributed by atoms with Crippen molar-refractivity contribution in [1.82, 2.24) is 0 Å². The van der Waals surface area contributed by atoms with E-state index in [4.69, 9.17) is 9.47 Å². The molecule has 0 aliphatic carbocycles. The molecule has 0 N–H and O–H groups in total. The largest absolute Gasteiger partial charge is 0.382 e. The van der Waals surface area contributed by atoms with Crippen molar-refractivity contribution in [2.75, 3.05) is 32.7 Å². The van der Waals surface area contributed by atoms with E-state index in [-0.39, 0.29) is 22.9 Å². The zero-order chi connectivity index (χ0) is 14.3. The van der Waals surface area contributed by atoms with E-state index in [0.717, 1.165) is 0 Å². The van der Waals surface area contributed by atoms with Crippen LogP contribution in [0.5, 0.6) is 0 Å². The van der Waals surface area contributed by atoms with E-state index >= 15 is 0 Å². The highest BCUT2D eigenvalue weighted by atomic mass is 32.2. The van der Waals surface area contributed by atoms with Gasteiger partial charge >= 0.3 is 0 Å². The second-order valence-corrected chi connectivity index (χ2v) is 5.78. The molecule has 0 radical (unpaired) electrons. The minimum Gasteiger partial charge on any atom is -0.382 e. The van der Waals surface area contributed by atoms with Gasteiger partial charge in [0.1, 0.15) is 0 Å². The van der Waals surface area contributed by atoms with Crippen molar-refractivity contribution in [3.05, 3.63) is 34.4 Å². The van der Waals surface area contributed by atoms with E-state index in [1.807, 2.05) is 0 Å². The van der Waals surface area contributed by atoms with Crippen LogP contribution in [0, 0.1) is 10.1 Å². The smallest absolute Gasteiger partial charge is 0.269 e. The third-order valence-corrected chi connectivity index (χ3v) is 4.03. The van der Waals surface area contributed by atoms with Crippen LogP contribution in [0.4, 0.5) is 5.69 Å². The molecule has 19 heavy (non-hydrogen) atoms. The lowest BCUT2D eigenvalue weighted by atomic mass is 10.3. The maximum Gasteiger partial charge on any atom is 0.269 e.